The molecule has 0 spiro atoms. The number of thioether (sulfide) groups is 1. The van der Waals surface area contributed by atoms with Gasteiger partial charge in [-0.3, -0.25) is 4.79 Å². The Morgan fingerprint density at radius 3 is 2.60 bits per heavy atom. The Hall–Kier alpha value is -1.55. The van der Waals surface area contributed by atoms with Crippen molar-refractivity contribution in [2.24, 2.45) is 0 Å². The number of Topliss-reactive ketones (excluding diaryl/α,β-unsaturated/α-hetero) is 1. The van der Waals surface area contributed by atoms with E-state index in [1.54, 1.807) is 0 Å². The van der Waals surface area contributed by atoms with Crippen molar-refractivity contribution >= 4 is 17.5 Å². The molecule has 0 saturated carbocycles. The number of hydrogen-bond acceptors (Lipinski definition) is 3. The molecule has 2 rings (SSSR count). The van der Waals surface area contributed by atoms with E-state index in [-0.39, 0.29) is 5.78 Å². The van der Waals surface area contributed by atoms with Gasteiger partial charge in [-0.15, -0.1) is 0 Å². The average Bonchev–Trinajstić information content (AvgIpc) is 2.72. The maximum Gasteiger partial charge on any atom is 0.174 e. The fourth-order valence-corrected chi connectivity index (χ4v) is 3.05. The van der Waals surface area contributed by atoms with Crippen LogP contribution in [0.15, 0.2) is 29.4 Å². The predicted octanol–water partition coefficient (Wildman–Crippen LogP) is 3.80. The topological polar surface area (TPSA) is 34.9 Å². The predicted molar refractivity (Wildman–Crippen MR) is 83.6 cm³/mol. The fraction of sp³-hybridized carbons (Fsp3) is 0.375. The van der Waals surface area contributed by atoms with Crippen molar-refractivity contribution in [2.45, 2.75) is 39.3 Å². The van der Waals surface area contributed by atoms with Gasteiger partial charge in [0, 0.05) is 29.7 Å². The zero-order valence-electron chi connectivity index (χ0n) is 12.4. The summed E-state index contributed by atoms with van der Waals surface area (Å²) in [6.07, 6.45) is 1.83. The maximum atomic E-state index is 12.3. The first kappa shape index (κ1) is 14.9. The molecule has 0 aromatic carbocycles. The largest absolute Gasteiger partial charge is 0.349 e. The zero-order chi connectivity index (χ0) is 14.7. The van der Waals surface area contributed by atoms with Crippen LogP contribution in [0.3, 0.4) is 0 Å². The molecule has 0 fully saturated rings. The first-order valence-electron chi connectivity index (χ1n) is 6.78. The minimum Gasteiger partial charge on any atom is -0.349 e. The normalized spacial score (nSPS) is 10.8. The van der Waals surface area contributed by atoms with Crippen LogP contribution < -0.4 is 0 Å². The van der Waals surface area contributed by atoms with Gasteiger partial charge in [0.2, 0.25) is 0 Å². The molecule has 106 valence electrons. The van der Waals surface area contributed by atoms with Crippen molar-refractivity contribution < 1.29 is 4.79 Å². The Morgan fingerprint density at radius 2 is 2.05 bits per heavy atom. The molecule has 20 heavy (non-hydrogen) atoms. The van der Waals surface area contributed by atoms with Gasteiger partial charge >= 0.3 is 0 Å². The number of aromatic nitrogens is 2. The second kappa shape index (κ2) is 6.27. The smallest absolute Gasteiger partial charge is 0.174 e. The lowest BCUT2D eigenvalue weighted by Gasteiger charge is -2.05. The standard InChI is InChI=1S/C16H20N2OS/c1-5-18-12(3)8-14(13(18)4)15(19)10-20-16-7-6-11(2)9-17-16/h6-9H,5,10H2,1-4H3. The number of hydrogen-bond donors (Lipinski definition) is 0. The molecule has 0 amide bonds. The van der Waals surface area contributed by atoms with E-state index in [9.17, 15) is 4.79 Å². The molecule has 0 aliphatic rings. The van der Waals surface area contributed by atoms with Gasteiger partial charge in [-0.05, 0) is 45.4 Å². The molecular weight excluding hydrogens is 268 g/mol. The highest BCUT2D eigenvalue weighted by Gasteiger charge is 2.15. The average molecular weight is 288 g/mol. The van der Waals surface area contributed by atoms with E-state index in [2.05, 4.69) is 16.5 Å². The van der Waals surface area contributed by atoms with Gasteiger partial charge in [0.05, 0.1) is 10.8 Å². The molecule has 2 aromatic heterocycles. The van der Waals surface area contributed by atoms with Crippen LogP contribution in [0.5, 0.6) is 0 Å². The lowest BCUT2D eigenvalue weighted by atomic mass is 10.2. The van der Waals surface area contributed by atoms with Gasteiger partial charge in [-0.2, -0.15) is 0 Å². The third kappa shape index (κ3) is 3.12. The molecule has 3 nitrogen and oxygen atoms in total. The number of aryl methyl sites for hydroxylation is 2. The Morgan fingerprint density at radius 1 is 1.30 bits per heavy atom. The molecule has 2 heterocycles. The summed E-state index contributed by atoms with van der Waals surface area (Å²) in [7, 11) is 0. The van der Waals surface area contributed by atoms with E-state index in [0.29, 0.717) is 5.75 Å². The zero-order valence-corrected chi connectivity index (χ0v) is 13.3. The summed E-state index contributed by atoms with van der Waals surface area (Å²) in [5.41, 5.74) is 4.18. The minimum absolute atomic E-state index is 0.171. The Kier molecular flexibility index (Phi) is 4.65. The van der Waals surface area contributed by atoms with E-state index < -0.39 is 0 Å². The van der Waals surface area contributed by atoms with Crippen LogP contribution in [0.2, 0.25) is 0 Å². The van der Waals surface area contributed by atoms with E-state index in [0.717, 1.165) is 34.1 Å². The van der Waals surface area contributed by atoms with Crippen LogP contribution in [-0.2, 0) is 6.54 Å². The molecule has 0 aliphatic heterocycles. The van der Waals surface area contributed by atoms with Crippen LogP contribution in [0.25, 0.3) is 0 Å². The highest BCUT2D eigenvalue weighted by molar-refractivity contribution is 7.99. The second-order valence-corrected chi connectivity index (χ2v) is 5.91. The maximum absolute atomic E-state index is 12.3. The Labute approximate surface area is 124 Å². The molecule has 0 radical (unpaired) electrons. The highest BCUT2D eigenvalue weighted by Crippen LogP contribution is 2.20. The molecule has 2 aromatic rings. The van der Waals surface area contributed by atoms with Crippen molar-refractivity contribution in [2.75, 3.05) is 5.75 Å². The van der Waals surface area contributed by atoms with Crippen LogP contribution in [0, 0.1) is 20.8 Å². The number of pyridine rings is 1. The summed E-state index contributed by atoms with van der Waals surface area (Å²) in [6, 6.07) is 5.97. The van der Waals surface area contributed by atoms with E-state index in [1.165, 1.54) is 11.8 Å². The lowest BCUT2D eigenvalue weighted by molar-refractivity contribution is 0.102. The van der Waals surface area contributed by atoms with Gasteiger partial charge in [0.25, 0.3) is 0 Å². The number of rotatable bonds is 5. The van der Waals surface area contributed by atoms with Crippen molar-refractivity contribution in [3.63, 3.8) is 0 Å². The summed E-state index contributed by atoms with van der Waals surface area (Å²) >= 11 is 1.49. The van der Waals surface area contributed by atoms with E-state index in [4.69, 9.17) is 0 Å². The summed E-state index contributed by atoms with van der Waals surface area (Å²) < 4.78 is 2.17. The molecule has 0 bridgehead atoms. The second-order valence-electron chi connectivity index (χ2n) is 4.91. The number of nitrogens with zero attached hydrogens (tertiary/aromatic N) is 2. The lowest BCUT2D eigenvalue weighted by Crippen LogP contribution is -2.06. The first-order valence-corrected chi connectivity index (χ1v) is 7.77. The van der Waals surface area contributed by atoms with Crippen molar-refractivity contribution in [1.82, 2.24) is 9.55 Å². The molecule has 0 atom stereocenters. The summed E-state index contributed by atoms with van der Waals surface area (Å²) in [5.74, 6) is 0.606. The third-order valence-electron chi connectivity index (χ3n) is 3.43. The molecule has 0 saturated heterocycles. The quantitative estimate of drug-likeness (QED) is 0.620. The van der Waals surface area contributed by atoms with Crippen LogP contribution >= 0.6 is 11.8 Å². The molecule has 0 N–H and O–H groups in total. The summed E-state index contributed by atoms with van der Waals surface area (Å²) in [6.45, 7) is 9.06. The number of carbonyl (C=O) groups is 1. The summed E-state index contributed by atoms with van der Waals surface area (Å²) in [5, 5.41) is 0.897. The van der Waals surface area contributed by atoms with Crippen LogP contribution in [0.4, 0.5) is 0 Å². The van der Waals surface area contributed by atoms with E-state index >= 15 is 0 Å². The number of ketones is 1. The van der Waals surface area contributed by atoms with Gasteiger partial charge in [-0.25, -0.2) is 4.98 Å². The highest BCUT2D eigenvalue weighted by atomic mass is 32.2. The van der Waals surface area contributed by atoms with Crippen LogP contribution in [-0.4, -0.2) is 21.1 Å². The van der Waals surface area contributed by atoms with Gasteiger partial charge in [0.15, 0.2) is 5.78 Å². The fourth-order valence-electron chi connectivity index (χ4n) is 2.33. The monoisotopic (exact) mass is 288 g/mol. The third-order valence-corrected chi connectivity index (χ3v) is 4.37. The van der Waals surface area contributed by atoms with E-state index in [1.807, 2.05) is 45.2 Å². The van der Waals surface area contributed by atoms with Crippen molar-refractivity contribution in [1.29, 1.82) is 0 Å². The minimum atomic E-state index is 0.171. The van der Waals surface area contributed by atoms with Crippen molar-refractivity contribution in [3.8, 4) is 0 Å². The Bertz CT molecular complexity index is 614. The molecule has 0 aliphatic carbocycles. The first-order chi connectivity index (χ1) is 9.52. The number of carbonyl (C=O) groups excluding carboxylic acids is 1. The molecule has 4 heteroatoms. The van der Waals surface area contributed by atoms with Crippen LogP contribution in [0.1, 0.15) is 34.2 Å². The van der Waals surface area contributed by atoms with Crippen molar-refractivity contribution in [3.05, 3.63) is 46.9 Å². The molecule has 0 unspecified atom stereocenters. The Balaban J connectivity index is 2.07. The molecular formula is C16H20N2OS. The van der Waals surface area contributed by atoms with Gasteiger partial charge in [0.1, 0.15) is 0 Å². The summed E-state index contributed by atoms with van der Waals surface area (Å²) in [4.78, 5) is 16.6. The van der Waals surface area contributed by atoms with Gasteiger partial charge in [-0.1, -0.05) is 17.8 Å². The SMILES string of the molecule is CCn1c(C)cc(C(=O)CSc2ccc(C)cn2)c1C. The van der Waals surface area contributed by atoms with Gasteiger partial charge < -0.3 is 4.57 Å².